The summed E-state index contributed by atoms with van der Waals surface area (Å²) < 4.78 is 71.1. The molecule has 1 aliphatic heterocycles. The Hall–Kier alpha value is -1.90. The highest BCUT2D eigenvalue weighted by molar-refractivity contribution is 5.95. The number of nitrogens with zero attached hydrogens (tertiary/aromatic N) is 1. The molecule has 0 unspecified atom stereocenters. The first-order chi connectivity index (χ1) is 15.2. The average Bonchev–Trinajstić information content (AvgIpc) is 3.65. The maximum absolute atomic E-state index is 14.2. The van der Waals surface area contributed by atoms with Crippen molar-refractivity contribution in [1.82, 2.24) is 10.2 Å². The lowest BCUT2D eigenvalue weighted by Gasteiger charge is -2.34. The molecule has 178 valence electrons. The summed E-state index contributed by atoms with van der Waals surface area (Å²) >= 11 is 0. The monoisotopic (exact) mass is 460 g/mol. The van der Waals surface area contributed by atoms with E-state index < -0.39 is 30.6 Å². The van der Waals surface area contributed by atoms with Crippen LogP contribution in [0.25, 0.3) is 0 Å². The van der Waals surface area contributed by atoms with Crippen molar-refractivity contribution in [3.05, 3.63) is 29.6 Å². The van der Waals surface area contributed by atoms with Crippen LogP contribution in [0.4, 0.5) is 22.0 Å². The van der Waals surface area contributed by atoms with Gasteiger partial charge in [0.2, 0.25) is 0 Å². The van der Waals surface area contributed by atoms with Gasteiger partial charge < -0.3 is 10.1 Å². The Morgan fingerprint density at radius 3 is 2.53 bits per heavy atom. The number of carbonyl (C=O) groups excluding carboxylic acids is 1. The van der Waals surface area contributed by atoms with Crippen LogP contribution in [0.3, 0.4) is 0 Å². The van der Waals surface area contributed by atoms with Crippen LogP contribution in [0.15, 0.2) is 18.2 Å². The van der Waals surface area contributed by atoms with Crippen LogP contribution in [0.5, 0.6) is 5.75 Å². The Bertz CT molecular complexity index is 810. The van der Waals surface area contributed by atoms with E-state index in [1.165, 1.54) is 17.0 Å². The molecule has 1 saturated heterocycles. The predicted molar refractivity (Wildman–Crippen MR) is 109 cm³/mol. The second-order valence-electron chi connectivity index (χ2n) is 9.36. The standard InChI is InChI=1S/C23H29F5N2O2/c24-20-12-17(3-4-18(20)21(31)29-16-1-2-16)32-10-7-15-11-19(15)14-5-8-30(9-6-14)13-23(27,28)22(25)26/h3-4,12,14-16,19,22H,1-2,5-11,13H2,(H,29,31)/t15-,19-/m1/s1. The second kappa shape index (κ2) is 9.53. The van der Waals surface area contributed by atoms with Gasteiger partial charge in [-0.2, -0.15) is 8.78 Å². The van der Waals surface area contributed by atoms with Gasteiger partial charge >= 0.3 is 12.3 Å². The van der Waals surface area contributed by atoms with Gasteiger partial charge in [0.1, 0.15) is 11.6 Å². The number of piperidine rings is 1. The zero-order valence-electron chi connectivity index (χ0n) is 17.8. The third-order valence-corrected chi connectivity index (χ3v) is 6.82. The van der Waals surface area contributed by atoms with E-state index in [0.717, 1.165) is 38.5 Å². The Morgan fingerprint density at radius 1 is 1.19 bits per heavy atom. The summed E-state index contributed by atoms with van der Waals surface area (Å²) in [6.45, 7) is 0.407. The van der Waals surface area contributed by atoms with Gasteiger partial charge in [0.15, 0.2) is 0 Å². The number of likely N-dealkylation sites (tertiary alicyclic amines) is 1. The van der Waals surface area contributed by atoms with Crippen LogP contribution in [0.1, 0.15) is 48.9 Å². The van der Waals surface area contributed by atoms with E-state index >= 15 is 0 Å². The molecular formula is C23H29F5N2O2. The zero-order valence-corrected chi connectivity index (χ0v) is 17.8. The number of alkyl halides is 4. The largest absolute Gasteiger partial charge is 0.493 e. The number of hydrogen-bond acceptors (Lipinski definition) is 3. The highest BCUT2D eigenvalue weighted by Crippen LogP contribution is 2.49. The van der Waals surface area contributed by atoms with E-state index in [-0.39, 0.29) is 11.6 Å². The van der Waals surface area contributed by atoms with Gasteiger partial charge in [-0.3, -0.25) is 9.69 Å². The van der Waals surface area contributed by atoms with Crippen LogP contribution < -0.4 is 10.1 Å². The number of rotatable bonds is 10. The first kappa shape index (κ1) is 23.3. The quantitative estimate of drug-likeness (QED) is 0.513. The number of hydrogen-bond donors (Lipinski definition) is 1. The molecule has 2 aliphatic carbocycles. The lowest BCUT2D eigenvalue weighted by molar-refractivity contribution is -0.144. The molecule has 1 heterocycles. The van der Waals surface area contributed by atoms with Crippen LogP contribution in [0, 0.1) is 23.6 Å². The third kappa shape index (κ3) is 5.91. The molecular weight excluding hydrogens is 431 g/mol. The lowest BCUT2D eigenvalue weighted by atomic mass is 9.90. The van der Waals surface area contributed by atoms with Crippen molar-refractivity contribution in [2.75, 3.05) is 26.2 Å². The third-order valence-electron chi connectivity index (χ3n) is 6.82. The number of benzene rings is 1. The van der Waals surface area contributed by atoms with Crippen LogP contribution in [0.2, 0.25) is 0 Å². The van der Waals surface area contributed by atoms with Gasteiger partial charge in [-0.25, -0.2) is 13.2 Å². The molecule has 4 nitrogen and oxygen atoms in total. The molecule has 2 saturated carbocycles. The van der Waals surface area contributed by atoms with Crippen LogP contribution in [-0.4, -0.2) is 55.4 Å². The molecule has 3 aliphatic rings. The fraction of sp³-hybridized carbons (Fsp3) is 0.696. The number of carbonyl (C=O) groups is 1. The van der Waals surface area contributed by atoms with Gasteiger partial charge in [-0.15, -0.1) is 0 Å². The minimum absolute atomic E-state index is 0.0177. The second-order valence-corrected chi connectivity index (χ2v) is 9.36. The Kier molecular flexibility index (Phi) is 6.93. The molecule has 1 amide bonds. The fourth-order valence-corrected chi connectivity index (χ4v) is 4.68. The molecule has 9 heteroatoms. The Morgan fingerprint density at radius 2 is 1.91 bits per heavy atom. The molecule has 32 heavy (non-hydrogen) atoms. The number of halogens is 5. The van der Waals surface area contributed by atoms with Gasteiger partial charge in [0.05, 0.1) is 18.7 Å². The van der Waals surface area contributed by atoms with Gasteiger partial charge in [0, 0.05) is 12.1 Å². The molecule has 1 aromatic carbocycles. The van der Waals surface area contributed by atoms with E-state index in [2.05, 4.69) is 5.32 Å². The minimum Gasteiger partial charge on any atom is -0.493 e. The van der Waals surface area contributed by atoms with Crippen molar-refractivity contribution >= 4 is 5.91 Å². The number of nitrogens with one attached hydrogen (secondary N) is 1. The Labute approximate surface area is 184 Å². The van der Waals surface area contributed by atoms with Crippen molar-refractivity contribution in [3.8, 4) is 5.75 Å². The van der Waals surface area contributed by atoms with Crippen molar-refractivity contribution in [3.63, 3.8) is 0 Å². The topological polar surface area (TPSA) is 41.6 Å². The fourth-order valence-electron chi connectivity index (χ4n) is 4.68. The van der Waals surface area contributed by atoms with Gasteiger partial charge in [-0.05, 0) is 81.5 Å². The maximum Gasteiger partial charge on any atom is 0.319 e. The molecule has 3 fully saturated rings. The summed E-state index contributed by atoms with van der Waals surface area (Å²) in [7, 11) is 0. The molecule has 0 aromatic heterocycles. The van der Waals surface area contributed by atoms with Crippen molar-refractivity contribution in [2.24, 2.45) is 17.8 Å². The summed E-state index contributed by atoms with van der Waals surface area (Å²) in [6.07, 6.45) is 1.61. The molecule has 4 rings (SSSR count). The lowest BCUT2D eigenvalue weighted by Crippen LogP contribution is -2.45. The molecule has 1 aromatic rings. The highest BCUT2D eigenvalue weighted by Gasteiger charge is 2.46. The van der Waals surface area contributed by atoms with Crippen LogP contribution in [-0.2, 0) is 0 Å². The van der Waals surface area contributed by atoms with Crippen LogP contribution >= 0.6 is 0 Å². The van der Waals surface area contributed by atoms with E-state index in [9.17, 15) is 26.7 Å². The predicted octanol–water partition coefficient (Wildman–Crippen LogP) is 4.74. The first-order valence-electron chi connectivity index (χ1n) is 11.3. The number of amides is 1. The molecule has 0 radical (unpaired) electrons. The summed E-state index contributed by atoms with van der Waals surface area (Å²) in [5.74, 6) is -3.14. The Balaban J connectivity index is 1.15. The number of ether oxygens (including phenoxy) is 1. The molecule has 0 spiro atoms. The molecule has 1 N–H and O–H groups in total. The molecule has 2 atom stereocenters. The van der Waals surface area contributed by atoms with Crippen molar-refractivity contribution < 1.29 is 31.5 Å². The van der Waals surface area contributed by atoms with E-state index in [1.54, 1.807) is 6.07 Å². The smallest absolute Gasteiger partial charge is 0.319 e. The highest BCUT2D eigenvalue weighted by atomic mass is 19.3. The SMILES string of the molecule is O=C(NC1CC1)c1ccc(OCC[C@@H]2C[C@@H]2C2CCN(CC(F)(F)C(F)F)CC2)cc1F. The zero-order chi connectivity index (χ0) is 22.9. The average molecular weight is 460 g/mol. The minimum atomic E-state index is -3.95. The first-order valence-corrected chi connectivity index (χ1v) is 11.3. The molecule has 0 bridgehead atoms. The van der Waals surface area contributed by atoms with Crippen molar-refractivity contribution in [2.45, 2.75) is 56.9 Å². The summed E-state index contributed by atoms with van der Waals surface area (Å²) in [6, 6.07) is 4.43. The normalized spacial score (nSPS) is 24.6. The van der Waals surface area contributed by atoms with E-state index in [4.69, 9.17) is 4.74 Å². The summed E-state index contributed by atoms with van der Waals surface area (Å²) in [4.78, 5) is 13.4. The van der Waals surface area contributed by atoms with E-state index in [0.29, 0.717) is 43.2 Å². The maximum atomic E-state index is 14.2. The van der Waals surface area contributed by atoms with Crippen molar-refractivity contribution in [1.29, 1.82) is 0 Å². The van der Waals surface area contributed by atoms with E-state index in [1.807, 2.05) is 0 Å². The van der Waals surface area contributed by atoms with Gasteiger partial charge in [-0.1, -0.05) is 0 Å². The summed E-state index contributed by atoms with van der Waals surface area (Å²) in [5.41, 5.74) is 0.0177. The van der Waals surface area contributed by atoms with Gasteiger partial charge in [0.25, 0.3) is 5.91 Å². The summed E-state index contributed by atoms with van der Waals surface area (Å²) in [5, 5.41) is 2.76.